The molecule has 112 valence electrons. The molecule has 0 saturated carbocycles. The second-order valence-corrected chi connectivity index (χ2v) is 6.23. The number of aromatic carboxylic acids is 1. The average Bonchev–Trinajstić information content (AvgIpc) is 2.82. The first-order chi connectivity index (χ1) is 9.85. The van der Waals surface area contributed by atoms with Crippen molar-refractivity contribution in [1.82, 2.24) is 19.5 Å². The molecule has 0 aliphatic rings. The summed E-state index contributed by atoms with van der Waals surface area (Å²) >= 11 is 0. The molecule has 0 fully saturated rings. The summed E-state index contributed by atoms with van der Waals surface area (Å²) in [5.41, 5.74) is 0.450. The zero-order valence-electron chi connectivity index (χ0n) is 11.2. The van der Waals surface area contributed by atoms with Crippen molar-refractivity contribution >= 4 is 16.0 Å². The first-order valence-electron chi connectivity index (χ1n) is 6.00. The third-order valence-corrected chi connectivity index (χ3v) is 3.93. The molecular weight excluding hydrogens is 296 g/mol. The summed E-state index contributed by atoms with van der Waals surface area (Å²) in [6, 6.07) is 5.81. The number of carboxylic acids is 1. The van der Waals surface area contributed by atoms with E-state index in [0.29, 0.717) is 11.4 Å². The first kappa shape index (κ1) is 15.1. The number of carboxylic acid groups (broad SMARTS) is 1. The Balaban J connectivity index is 2.03. The highest BCUT2D eigenvalue weighted by Crippen LogP contribution is 2.09. The summed E-state index contributed by atoms with van der Waals surface area (Å²) in [5.74, 6) is -1.04. The molecule has 9 heteroatoms. The molecule has 0 amide bonds. The van der Waals surface area contributed by atoms with Gasteiger partial charge in [0.05, 0.1) is 17.9 Å². The molecule has 2 aromatic rings. The highest BCUT2D eigenvalue weighted by Gasteiger charge is 2.14. The minimum atomic E-state index is -3.60. The third-order valence-electron chi connectivity index (χ3n) is 2.63. The van der Waals surface area contributed by atoms with Crippen LogP contribution in [0.3, 0.4) is 0 Å². The predicted molar refractivity (Wildman–Crippen MR) is 73.9 cm³/mol. The van der Waals surface area contributed by atoms with Crippen LogP contribution in [0, 0.1) is 0 Å². The van der Waals surface area contributed by atoms with Crippen molar-refractivity contribution in [2.45, 2.75) is 12.3 Å². The van der Waals surface area contributed by atoms with Gasteiger partial charge in [-0.2, -0.15) is 5.10 Å². The number of benzene rings is 1. The van der Waals surface area contributed by atoms with Gasteiger partial charge in [-0.05, 0) is 17.7 Å². The smallest absolute Gasteiger partial charge is 0.335 e. The van der Waals surface area contributed by atoms with E-state index in [1.807, 2.05) is 0 Å². The molecule has 0 unspecified atom stereocenters. The van der Waals surface area contributed by atoms with Crippen LogP contribution in [0.4, 0.5) is 0 Å². The number of nitrogens with one attached hydrogen (secondary N) is 1. The minimum absolute atomic E-state index is 0.0121. The molecule has 1 aromatic heterocycles. The van der Waals surface area contributed by atoms with E-state index in [9.17, 15) is 13.2 Å². The van der Waals surface area contributed by atoms with Gasteiger partial charge in [0.2, 0.25) is 10.0 Å². The van der Waals surface area contributed by atoms with E-state index in [1.165, 1.54) is 29.2 Å². The van der Waals surface area contributed by atoms with Gasteiger partial charge in [-0.25, -0.2) is 22.9 Å². The molecule has 0 aliphatic heterocycles. The van der Waals surface area contributed by atoms with E-state index in [-0.39, 0.29) is 17.9 Å². The van der Waals surface area contributed by atoms with Gasteiger partial charge in [-0.15, -0.1) is 0 Å². The van der Waals surface area contributed by atoms with Crippen molar-refractivity contribution in [1.29, 1.82) is 0 Å². The summed E-state index contributed by atoms with van der Waals surface area (Å²) in [6.45, 7) is -0.0121. The number of aryl methyl sites for hydroxylation is 1. The van der Waals surface area contributed by atoms with Crippen LogP contribution in [0.1, 0.15) is 21.7 Å². The second kappa shape index (κ2) is 6.02. The molecule has 2 N–H and O–H groups in total. The van der Waals surface area contributed by atoms with Gasteiger partial charge < -0.3 is 5.11 Å². The average molecular weight is 310 g/mol. The number of hydrogen-bond acceptors (Lipinski definition) is 5. The monoisotopic (exact) mass is 310 g/mol. The quantitative estimate of drug-likeness (QED) is 0.784. The van der Waals surface area contributed by atoms with Crippen molar-refractivity contribution < 1.29 is 18.3 Å². The van der Waals surface area contributed by atoms with Gasteiger partial charge in [0, 0.05) is 7.05 Å². The van der Waals surface area contributed by atoms with Crippen molar-refractivity contribution in [3.05, 3.63) is 47.5 Å². The number of rotatable bonds is 6. The first-order valence-corrected chi connectivity index (χ1v) is 7.65. The standard InChI is InChI=1S/C12H14N4O4S/c1-16-8-13-11(15-16)6-14-21(19,20)7-9-3-2-4-10(5-9)12(17)18/h2-5,8,14H,6-7H2,1H3,(H,17,18). The van der Waals surface area contributed by atoms with Crippen LogP contribution < -0.4 is 4.72 Å². The van der Waals surface area contributed by atoms with Crippen LogP contribution in [0.15, 0.2) is 30.6 Å². The summed E-state index contributed by atoms with van der Waals surface area (Å²) in [4.78, 5) is 14.8. The maximum absolute atomic E-state index is 11.9. The minimum Gasteiger partial charge on any atom is -0.478 e. The van der Waals surface area contributed by atoms with E-state index in [4.69, 9.17) is 5.11 Å². The van der Waals surface area contributed by atoms with Crippen molar-refractivity contribution in [2.24, 2.45) is 7.05 Å². The van der Waals surface area contributed by atoms with E-state index in [0.717, 1.165) is 0 Å². The van der Waals surface area contributed by atoms with Crippen LogP contribution in [-0.2, 0) is 29.4 Å². The van der Waals surface area contributed by atoms with Gasteiger partial charge in [0.1, 0.15) is 6.33 Å². The van der Waals surface area contributed by atoms with Gasteiger partial charge in [0.25, 0.3) is 0 Å². The Morgan fingerprint density at radius 2 is 2.19 bits per heavy atom. The van der Waals surface area contributed by atoms with Crippen LogP contribution >= 0.6 is 0 Å². The summed E-state index contributed by atoms with van der Waals surface area (Å²) in [5, 5.41) is 12.8. The Labute approximate surface area is 121 Å². The SMILES string of the molecule is Cn1cnc(CNS(=O)(=O)Cc2cccc(C(=O)O)c2)n1. The molecule has 8 nitrogen and oxygen atoms in total. The van der Waals surface area contributed by atoms with E-state index in [2.05, 4.69) is 14.8 Å². The van der Waals surface area contributed by atoms with Gasteiger partial charge in [0.15, 0.2) is 5.82 Å². The van der Waals surface area contributed by atoms with Crippen LogP contribution in [-0.4, -0.2) is 34.3 Å². The highest BCUT2D eigenvalue weighted by atomic mass is 32.2. The fourth-order valence-electron chi connectivity index (χ4n) is 1.70. The topological polar surface area (TPSA) is 114 Å². The van der Waals surface area contributed by atoms with Crippen LogP contribution in [0.2, 0.25) is 0 Å². The van der Waals surface area contributed by atoms with Crippen molar-refractivity contribution in [2.75, 3.05) is 0 Å². The largest absolute Gasteiger partial charge is 0.478 e. The Morgan fingerprint density at radius 1 is 1.43 bits per heavy atom. The zero-order valence-corrected chi connectivity index (χ0v) is 12.0. The molecule has 21 heavy (non-hydrogen) atoms. The lowest BCUT2D eigenvalue weighted by atomic mass is 10.1. The number of sulfonamides is 1. The molecule has 0 spiro atoms. The number of nitrogens with zero attached hydrogens (tertiary/aromatic N) is 3. The Morgan fingerprint density at radius 3 is 2.81 bits per heavy atom. The Bertz CT molecular complexity index is 754. The van der Waals surface area contributed by atoms with E-state index < -0.39 is 16.0 Å². The predicted octanol–water partition coefficient (Wildman–Crippen LogP) is 0.133. The number of aromatic nitrogens is 3. The van der Waals surface area contributed by atoms with E-state index in [1.54, 1.807) is 13.1 Å². The highest BCUT2D eigenvalue weighted by molar-refractivity contribution is 7.88. The molecule has 0 saturated heterocycles. The third kappa shape index (κ3) is 4.36. The number of carbonyl (C=O) groups is 1. The molecule has 2 rings (SSSR count). The summed E-state index contributed by atoms with van der Waals surface area (Å²) in [6.07, 6.45) is 1.47. The molecule has 0 bridgehead atoms. The zero-order chi connectivity index (χ0) is 15.5. The Hall–Kier alpha value is -2.26. The lowest BCUT2D eigenvalue weighted by Gasteiger charge is -2.06. The van der Waals surface area contributed by atoms with Crippen molar-refractivity contribution in [3.8, 4) is 0 Å². The fraction of sp³-hybridized carbons (Fsp3) is 0.250. The number of hydrogen-bond donors (Lipinski definition) is 2. The molecule has 1 aromatic carbocycles. The molecule has 0 aliphatic carbocycles. The van der Waals surface area contributed by atoms with Crippen LogP contribution in [0.5, 0.6) is 0 Å². The maximum Gasteiger partial charge on any atom is 0.335 e. The lowest BCUT2D eigenvalue weighted by Crippen LogP contribution is -2.25. The van der Waals surface area contributed by atoms with E-state index >= 15 is 0 Å². The van der Waals surface area contributed by atoms with Crippen molar-refractivity contribution in [3.63, 3.8) is 0 Å². The molecule has 1 heterocycles. The normalized spacial score (nSPS) is 11.5. The molecule has 0 atom stereocenters. The molecule has 0 radical (unpaired) electrons. The lowest BCUT2D eigenvalue weighted by molar-refractivity contribution is 0.0696. The molecular formula is C12H14N4O4S. The van der Waals surface area contributed by atoms with Gasteiger partial charge >= 0.3 is 5.97 Å². The summed E-state index contributed by atoms with van der Waals surface area (Å²) in [7, 11) is -1.92. The van der Waals surface area contributed by atoms with Gasteiger partial charge in [-0.1, -0.05) is 12.1 Å². The maximum atomic E-state index is 11.9. The second-order valence-electron chi connectivity index (χ2n) is 4.42. The van der Waals surface area contributed by atoms with Gasteiger partial charge in [-0.3, -0.25) is 4.68 Å². The van der Waals surface area contributed by atoms with Crippen LogP contribution in [0.25, 0.3) is 0 Å². The fourth-order valence-corrected chi connectivity index (χ4v) is 2.77. The Kier molecular flexibility index (Phi) is 4.34. The summed E-state index contributed by atoms with van der Waals surface area (Å²) < 4.78 is 27.7.